The highest BCUT2D eigenvalue weighted by molar-refractivity contribution is 7.91. The smallest absolute Gasteiger partial charge is 0.312 e. The molecule has 5 aliphatic carbocycles. The molecule has 0 amide bonds. The van der Waals surface area contributed by atoms with Crippen molar-refractivity contribution in [2.45, 2.75) is 149 Å². The van der Waals surface area contributed by atoms with Crippen molar-refractivity contribution in [2.75, 3.05) is 39.1 Å². The highest BCUT2D eigenvalue weighted by atomic mass is 32.2. The van der Waals surface area contributed by atoms with Crippen LogP contribution in [0.5, 0.6) is 0 Å². The van der Waals surface area contributed by atoms with Crippen LogP contribution in [0.25, 0.3) is 0 Å². The number of piperidine rings is 1. The summed E-state index contributed by atoms with van der Waals surface area (Å²) in [5.41, 5.74) is 3.42. The fraction of sp³-hybridized carbons (Fsp3) is 0.844. The molecule has 6 rings (SSSR count). The number of allylic oxidation sites excluding steroid dienone is 5. The predicted octanol–water partition coefficient (Wildman–Crippen LogP) is 9.57. The summed E-state index contributed by atoms with van der Waals surface area (Å²) in [5, 5.41) is 13.7. The Morgan fingerprint density at radius 3 is 2.23 bits per heavy atom. The van der Waals surface area contributed by atoms with Gasteiger partial charge in [0.25, 0.3) is 0 Å². The number of alkyl halides is 1. The second-order valence-electron chi connectivity index (χ2n) is 20.4. The lowest BCUT2D eigenvalue weighted by atomic mass is 9.35. The van der Waals surface area contributed by atoms with Gasteiger partial charge in [-0.2, -0.15) is 0 Å². The molecular weight excluding hydrogens is 684 g/mol. The van der Waals surface area contributed by atoms with Gasteiger partial charge in [0, 0.05) is 25.4 Å². The SMILES string of the molecule is C=C(C)C1CCC(NCCN2CCC(S(C)(=O)=O)CC2)CCC2(C)C(CCC3C4(C)CC=C(C5=CCC(CF)(C(=O)O)CC5)C(C)(C)C4CCC32C)C1. The molecule has 0 radical (unpaired) electrons. The molecule has 4 fully saturated rings. The Morgan fingerprint density at radius 1 is 0.925 bits per heavy atom. The van der Waals surface area contributed by atoms with Crippen molar-refractivity contribution in [1.82, 2.24) is 10.2 Å². The number of nitrogens with one attached hydrogen (secondary N) is 1. The van der Waals surface area contributed by atoms with Crippen LogP contribution in [-0.2, 0) is 14.6 Å². The van der Waals surface area contributed by atoms with E-state index in [2.05, 4.69) is 70.5 Å². The molecule has 0 aromatic carbocycles. The van der Waals surface area contributed by atoms with Crippen LogP contribution in [0, 0.1) is 50.7 Å². The minimum Gasteiger partial charge on any atom is -0.481 e. The van der Waals surface area contributed by atoms with Crippen molar-refractivity contribution < 1.29 is 22.7 Å². The molecular formula is C45H73FN2O4S. The van der Waals surface area contributed by atoms with Crippen LogP contribution in [0.3, 0.4) is 0 Å². The first-order chi connectivity index (χ1) is 24.8. The molecule has 1 aliphatic heterocycles. The lowest BCUT2D eigenvalue weighted by Gasteiger charge is -2.70. The van der Waals surface area contributed by atoms with Gasteiger partial charge in [-0.1, -0.05) is 58.9 Å². The van der Waals surface area contributed by atoms with E-state index in [4.69, 9.17) is 0 Å². The Bertz CT molecular complexity index is 1560. The molecule has 6 nitrogen and oxygen atoms in total. The fourth-order valence-corrected chi connectivity index (χ4v) is 14.8. The number of carboxylic acids is 1. The highest BCUT2D eigenvalue weighted by Gasteiger charge is 2.66. The number of fused-ring (bicyclic) bond motifs is 5. The molecule has 3 saturated carbocycles. The number of sulfone groups is 1. The monoisotopic (exact) mass is 757 g/mol. The number of halogens is 1. The molecule has 9 atom stereocenters. The molecule has 2 N–H and O–H groups in total. The summed E-state index contributed by atoms with van der Waals surface area (Å²) in [5.74, 6) is 1.45. The third-order valence-electron chi connectivity index (χ3n) is 17.4. The maximum absolute atomic E-state index is 14.0. The lowest BCUT2D eigenvalue weighted by Crippen LogP contribution is -2.62. The average molecular weight is 757 g/mol. The van der Waals surface area contributed by atoms with Gasteiger partial charge in [0.2, 0.25) is 0 Å². The summed E-state index contributed by atoms with van der Waals surface area (Å²) in [6.45, 7) is 22.6. The first-order valence-electron chi connectivity index (χ1n) is 21.3. The number of hydrogen-bond acceptors (Lipinski definition) is 5. The molecule has 0 bridgehead atoms. The minimum atomic E-state index is -2.95. The van der Waals surface area contributed by atoms with E-state index in [9.17, 15) is 22.7 Å². The summed E-state index contributed by atoms with van der Waals surface area (Å²) < 4.78 is 38.1. The third kappa shape index (κ3) is 7.42. The highest BCUT2D eigenvalue weighted by Crippen LogP contribution is 2.74. The van der Waals surface area contributed by atoms with Crippen molar-refractivity contribution in [2.24, 2.45) is 50.7 Å². The van der Waals surface area contributed by atoms with Gasteiger partial charge in [-0.05, 0) is 173 Å². The molecule has 1 heterocycles. The van der Waals surface area contributed by atoms with Crippen LogP contribution < -0.4 is 5.32 Å². The number of carbonyl (C=O) groups is 1. The Hall–Kier alpha value is -1.51. The summed E-state index contributed by atoms with van der Waals surface area (Å²) in [6, 6.07) is 0.483. The van der Waals surface area contributed by atoms with Crippen molar-refractivity contribution >= 4 is 15.8 Å². The number of carboxylic acid groups (broad SMARTS) is 1. The quantitative estimate of drug-likeness (QED) is 0.228. The lowest BCUT2D eigenvalue weighted by molar-refractivity contribution is -0.196. The Morgan fingerprint density at radius 2 is 1.62 bits per heavy atom. The van der Waals surface area contributed by atoms with Crippen LogP contribution in [0.2, 0.25) is 0 Å². The number of rotatable bonds is 9. The number of hydrogen-bond donors (Lipinski definition) is 2. The second kappa shape index (κ2) is 15.1. The molecule has 9 unspecified atom stereocenters. The zero-order valence-electron chi connectivity index (χ0n) is 34.4. The molecule has 300 valence electrons. The van der Waals surface area contributed by atoms with Crippen molar-refractivity contribution in [3.8, 4) is 0 Å². The van der Waals surface area contributed by atoms with Crippen molar-refractivity contribution in [3.05, 3.63) is 35.5 Å². The Labute approximate surface area is 322 Å². The maximum atomic E-state index is 14.0. The van der Waals surface area contributed by atoms with E-state index in [1.165, 1.54) is 80.8 Å². The number of aliphatic carboxylic acids is 1. The Balaban J connectivity index is 1.20. The standard InChI is InChI=1S/C45H73FN2O4S/c1-31(2)33-9-11-35(47-25-28-48-26-18-36(19-27-48)53(8,51)52)15-21-43(6)34(29-33)10-12-39-42(5)20-16-37(41(3,4)38(42)17-22-44(39,43)7)32-13-23-45(30-46,24-14-32)40(49)50/h13,16,33-36,38-39,47H,1,9-12,14-15,17-30H2,2-8H3,(H,49,50). The van der Waals surface area contributed by atoms with Gasteiger partial charge in [0.15, 0.2) is 0 Å². The first kappa shape index (κ1) is 41.1. The molecule has 1 saturated heterocycles. The maximum Gasteiger partial charge on any atom is 0.312 e. The molecule has 53 heavy (non-hydrogen) atoms. The van der Waals surface area contributed by atoms with Gasteiger partial charge in [0.1, 0.15) is 16.5 Å². The van der Waals surface area contributed by atoms with Gasteiger partial charge in [0.05, 0.1) is 10.7 Å². The molecule has 0 aromatic rings. The largest absolute Gasteiger partial charge is 0.481 e. The van der Waals surface area contributed by atoms with E-state index >= 15 is 0 Å². The van der Waals surface area contributed by atoms with E-state index in [-0.39, 0.29) is 33.3 Å². The van der Waals surface area contributed by atoms with E-state index in [1.54, 1.807) is 0 Å². The summed E-state index contributed by atoms with van der Waals surface area (Å²) in [6.07, 6.45) is 21.1. The number of likely N-dealkylation sites (tertiary alicyclic amines) is 1. The van der Waals surface area contributed by atoms with Crippen LogP contribution >= 0.6 is 0 Å². The van der Waals surface area contributed by atoms with Gasteiger partial charge in [-0.25, -0.2) is 12.8 Å². The molecule has 0 aromatic heterocycles. The van der Waals surface area contributed by atoms with Gasteiger partial charge >= 0.3 is 5.97 Å². The van der Waals surface area contributed by atoms with Crippen molar-refractivity contribution in [3.63, 3.8) is 0 Å². The average Bonchev–Trinajstić information content (AvgIpc) is 3.16. The van der Waals surface area contributed by atoms with Crippen LogP contribution in [-0.4, -0.2) is 74.8 Å². The van der Waals surface area contributed by atoms with E-state index in [1.807, 2.05) is 0 Å². The molecule has 6 aliphatic rings. The first-order valence-corrected chi connectivity index (χ1v) is 23.3. The normalized spacial score (nSPS) is 41.3. The van der Waals surface area contributed by atoms with Gasteiger partial charge in [-0.15, -0.1) is 0 Å². The Kier molecular flexibility index (Phi) is 11.7. The van der Waals surface area contributed by atoms with Crippen molar-refractivity contribution in [1.29, 1.82) is 0 Å². The summed E-state index contributed by atoms with van der Waals surface area (Å²) >= 11 is 0. The second-order valence-corrected chi connectivity index (χ2v) is 22.7. The van der Waals surface area contributed by atoms with E-state index < -0.39 is 27.9 Å². The third-order valence-corrected chi connectivity index (χ3v) is 19.1. The minimum absolute atomic E-state index is 0.0185. The van der Waals surface area contributed by atoms with Crippen LogP contribution in [0.1, 0.15) is 138 Å². The topological polar surface area (TPSA) is 86.7 Å². The zero-order valence-corrected chi connectivity index (χ0v) is 35.2. The molecule has 0 spiro atoms. The van der Waals surface area contributed by atoms with E-state index in [0.29, 0.717) is 42.6 Å². The van der Waals surface area contributed by atoms with Crippen LogP contribution in [0.15, 0.2) is 35.5 Å². The van der Waals surface area contributed by atoms with E-state index in [0.717, 1.165) is 45.4 Å². The van der Waals surface area contributed by atoms with Crippen LogP contribution in [0.4, 0.5) is 4.39 Å². The predicted molar refractivity (Wildman–Crippen MR) is 215 cm³/mol. The number of nitrogens with zero attached hydrogens (tertiary/aromatic N) is 1. The summed E-state index contributed by atoms with van der Waals surface area (Å²) in [4.78, 5) is 14.5. The summed E-state index contributed by atoms with van der Waals surface area (Å²) in [7, 11) is -2.95. The van der Waals surface area contributed by atoms with Gasteiger partial charge < -0.3 is 15.3 Å². The molecule has 8 heteroatoms. The fourth-order valence-electron chi connectivity index (χ4n) is 13.7. The zero-order chi connectivity index (χ0) is 38.6. The van der Waals surface area contributed by atoms with Gasteiger partial charge in [-0.3, -0.25) is 4.79 Å².